The van der Waals surface area contributed by atoms with Crippen LogP contribution in [-0.4, -0.2) is 0 Å². The zero-order valence-electron chi connectivity index (χ0n) is 14.0. The molecule has 1 aliphatic rings. The van der Waals surface area contributed by atoms with E-state index in [-0.39, 0.29) is 5.41 Å². The summed E-state index contributed by atoms with van der Waals surface area (Å²) in [5, 5.41) is 0. The van der Waals surface area contributed by atoms with Crippen molar-refractivity contribution < 1.29 is 0 Å². The summed E-state index contributed by atoms with van der Waals surface area (Å²) >= 11 is 7.17. The van der Waals surface area contributed by atoms with Crippen LogP contribution in [0.3, 0.4) is 0 Å². The van der Waals surface area contributed by atoms with E-state index in [1.165, 1.54) is 22.3 Å². The molecule has 25 heavy (non-hydrogen) atoms. The molecular formula is C23H20Br2. The molecule has 0 fully saturated rings. The van der Waals surface area contributed by atoms with E-state index in [1.54, 1.807) is 0 Å². The minimum absolute atomic E-state index is 0.0699. The Morgan fingerprint density at radius 2 is 0.960 bits per heavy atom. The zero-order chi connectivity index (χ0) is 17.3. The molecule has 0 aromatic heterocycles. The van der Waals surface area contributed by atoms with Gasteiger partial charge in [-0.3, -0.25) is 0 Å². The summed E-state index contributed by atoms with van der Waals surface area (Å²) in [6.07, 6.45) is 4.55. The van der Waals surface area contributed by atoms with Gasteiger partial charge in [0.05, 0.1) is 0 Å². The molecule has 0 atom stereocenters. The average Bonchev–Trinajstić information content (AvgIpc) is 2.84. The Morgan fingerprint density at radius 1 is 0.560 bits per heavy atom. The van der Waals surface area contributed by atoms with Crippen molar-refractivity contribution in [3.8, 4) is 0 Å². The van der Waals surface area contributed by atoms with Crippen LogP contribution in [0.4, 0.5) is 0 Å². The Kier molecular flexibility index (Phi) is 4.84. The molecule has 0 bridgehead atoms. The fourth-order valence-electron chi connectivity index (χ4n) is 4.15. The third-order valence-electron chi connectivity index (χ3n) is 5.55. The SMILES string of the molecule is Brc1ccc(C2(c3ccc(Br)cc3)CCc3ccccc3CC2)cc1. The van der Waals surface area contributed by atoms with E-state index >= 15 is 0 Å². The van der Waals surface area contributed by atoms with Crippen LogP contribution < -0.4 is 0 Å². The van der Waals surface area contributed by atoms with Gasteiger partial charge < -0.3 is 0 Å². The highest BCUT2D eigenvalue weighted by Crippen LogP contribution is 2.43. The predicted molar refractivity (Wildman–Crippen MR) is 112 cm³/mol. The van der Waals surface area contributed by atoms with Gasteiger partial charge in [0, 0.05) is 14.4 Å². The molecule has 0 aliphatic heterocycles. The Morgan fingerprint density at radius 3 is 1.36 bits per heavy atom. The highest BCUT2D eigenvalue weighted by atomic mass is 79.9. The highest BCUT2D eigenvalue weighted by Gasteiger charge is 2.35. The lowest BCUT2D eigenvalue weighted by Gasteiger charge is -2.34. The molecular weight excluding hydrogens is 436 g/mol. The normalized spacial score (nSPS) is 16.1. The van der Waals surface area contributed by atoms with Crippen molar-refractivity contribution in [3.05, 3.63) is 104 Å². The fraction of sp³-hybridized carbons (Fsp3) is 0.217. The van der Waals surface area contributed by atoms with E-state index in [2.05, 4.69) is 105 Å². The van der Waals surface area contributed by atoms with E-state index in [9.17, 15) is 0 Å². The molecule has 0 N–H and O–H groups in total. The van der Waals surface area contributed by atoms with Crippen molar-refractivity contribution in [3.63, 3.8) is 0 Å². The van der Waals surface area contributed by atoms with Gasteiger partial charge in [-0.1, -0.05) is 80.4 Å². The number of benzene rings is 3. The van der Waals surface area contributed by atoms with Gasteiger partial charge in [0.25, 0.3) is 0 Å². The smallest absolute Gasteiger partial charge is 0.0209 e. The number of aryl methyl sites for hydroxylation is 2. The Balaban J connectivity index is 1.82. The van der Waals surface area contributed by atoms with Crippen LogP contribution in [0.2, 0.25) is 0 Å². The molecule has 3 aromatic carbocycles. The van der Waals surface area contributed by atoms with E-state index in [4.69, 9.17) is 0 Å². The molecule has 1 aliphatic carbocycles. The van der Waals surface area contributed by atoms with Crippen LogP contribution in [0.15, 0.2) is 81.7 Å². The number of halogens is 2. The van der Waals surface area contributed by atoms with Gasteiger partial charge >= 0.3 is 0 Å². The highest BCUT2D eigenvalue weighted by molar-refractivity contribution is 9.10. The molecule has 0 spiro atoms. The summed E-state index contributed by atoms with van der Waals surface area (Å²) in [5.74, 6) is 0. The van der Waals surface area contributed by atoms with Crippen molar-refractivity contribution in [2.45, 2.75) is 31.1 Å². The number of rotatable bonds is 2. The van der Waals surface area contributed by atoms with Gasteiger partial charge in [0.15, 0.2) is 0 Å². The topological polar surface area (TPSA) is 0 Å². The lowest BCUT2D eigenvalue weighted by Crippen LogP contribution is -2.28. The fourth-order valence-corrected chi connectivity index (χ4v) is 4.68. The first-order chi connectivity index (χ1) is 12.2. The first-order valence-corrected chi connectivity index (χ1v) is 10.3. The number of fused-ring (bicyclic) bond motifs is 1. The number of hydrogen-bond acceptors (Lipinski definition) is 0. The maximum atomic E-state index is 3.59. The quantitative estimate of drug-likeness (QED) is 0.362. The third kappa shape index (κ3) is 3.35. The van der Waals surface area contributed by atoms with Crippen LogP contribution in [0.25, 0.3) is 0 Å². The maximum Gasteiger partial charge on any atom is 0.0209 e. The molecule has 0 radical (unpaired) electrons. The van der Waals surface area contributed by atoms with Gasteiger partial charge in [-0.05, 0) is 72.2 Å². The second-order valence-corrected chi connectivity index (χ2v) is 8.70. The van der Waals surface area contributed by atoms with E-state index in [0.29, 0.717) is 0 Å². The first-order valence-electron chi connectivity index (χ1n) is 8.76. The van der Waals surface area contributed by atoms with Crippen LogP contribution in [0, 0.1) is 0 Å². The molecule has 0 amide bonds. The van der Waals surface area contributed by atoms with Gasteiger partial charge in [-0.2, -0.15) is 0 Å². The van der Waals surface area contributed by atoms with Crippen LogP contribution in [0.1, 0.15) is 35.1 Å². The van der Waals surface area contributed by atoms with Crippen molar-refractivity contribution in [2.75, 3.05) is 0 Å². The van der Waals surface area contributed by atoms with E-state index < -0.39 is 0 Å². The van der Waals surface area contributed by atoms with E-state index in [1.807, 2.05) is 0 Å². The monoisotopic (exact) mass is 454 g/mol. The Labute approximate surface area is 166 Å². The van der Waals surface area contributed by atoms with Crippen LogP contribution in [0.5, 0.6) is 0 Å². The first kappa shape index (κ1) is 17.1. The number of hydrogen-bond donors (Lipinski definition) is 0. The molecule has 0 saturated heterocycles. The van der Waals surface area contributed by atoms with Crippen LogP contribution in [-0.2, 0) is 18.3 Å². The molecule has 0 saturated carbocycles. The Hall–Kier alpha value is -1.38. The summed E-state index contributed by atoms with van der Waals surface area (Å²) in [6.45, 7) is 0. The summed E-state index contributed by atoms with van der Waals surface area (Å²) in [4.78, 5) is 0. The average molecular weight is 456 g/mol. The summed E-state index contributed by atoms with van der Waals surface area (Å²) in [7, 11) is 0. The third-order valence-corrected chi connectivity index (χ3v) is 6.61. The van der Waals surface area contributed by atoms with Crippen LogP contribution >= 0.6 is 31.9 Å². The summed E-state index contributed by atoms with van der Waals surface area (Å²) in [6, 6.07) is 26.8. The van der Waals surface area contributed by atoms with Crippen molar-refractivity contribution in [1.29, 1.82) is 0 Å². The van der Waals surface area contributed by atoms with Crippen molar-refractivity contribution in [1.82, 2.24) is 0 Å². The largest absolute Gasteiger partial charge is 0.0620 e. The summed E-state index contributed by atoms with van der Waals surface area (Å²) in [5.41, 5.74) is 5.94. The molecule has 0 nitrogen and oxygen atoms in total. The molecule has 3 aromatic rings. The Bertz CT molecular complexity index is 789. The molecule has 126 valence electrons. The lowest BCUT2D eigenvalue weighted by atomic mass is 9.69. The van der Waals surface area contributed by atoms with Gasteiger partial charge in [-0.25, -0.2) is 0 Å². The predicted octanol–water partition coefficient (Wildman–Crippen LogP) is 7.08. The molecule has 2 heteroatoms. The van der Waals surface area contributed by atoms with E-state index in [0.717, 1.165) is 34.6 Å². The zero-order valence-corrected chi connectivity index (χ0v) is 17.2. The van der Waals surface area contributed by atoms with Gasteiger partial charge in [0.2, 0.25) is 0 Å². The minimum atomic E-state index is 0.0699. The molecule has 0 heterocycles. The standard InChI is InChI=1S/C23H20Br2/c24-21-9-5-19(6-10-21)23(20-7-11-22(25)12-8-20)15-13-17-3-1-2-4-18(17)14-16-23/h1-12H,13-16H2. The van der Waals surface area contributed by atoms with Gasteiger partial charge in [0.1, 0.15) is 0 Å². The molecule has 4 rings (SSSR count). The second kappa shape index (κ2) is 7.09. The van der Waals surface area contributed by atoms with Gasteiger partial charge in [-0.15, -0.1) is 0 Å². The summed E-state index contributed by atoms with van der Waals surface area (Å²) < 4.78 is 2.28. The lowest BCUT2D eigenvalue weighted by molar-refractivity contribution is 0.450. The van der Waals surface area contributed by atoms with Crippen molar-refractivity contribution >= 4 is 31.9 Å². The minimum Gasteiger partial charge on any atom is -0.0620 e. The second-order valence-electron chi connectivity index (χ2n) is 6.86. The van der Waals surface area contributed by atoms with Crippen molar-refractivity contribution in [2.24, 2.45) is 0 Å². The molecule has 0 unspecified atom stereocenters. The maximum absolute atomic E-state index is 3.59.